The van der Waals surface area contributed by atoms with Crippen LogP contribution in [0.5, 0.6) is 5.75 Å². The van der Waals surface area contributed by atoms with Crippen LogP contribution in [0.3, 0.4) is 0 Å². The third kappa shape index (κ3) is 2.20. The second kappa shape index (κ2) is 5.00. The van der Waals surface area contributed by atoms with Gasteiger partial charge < -0.3 is 9.52 Å². The van der Waals surface area contributed by atoms with Crippen LogP contribution in [0, 0.1) is 17.0 Å². The summed E-state index contributed by atoms with van der Waals surface area (Å²) in [6.45, 7) is 1.56. The number of nitrogens with zero attached hydrogens (tertiary/aromatic N) is 1. The van der Waals surface area contributed by atoms with Crippen LogP contribution in [0.4, 0.5) is 5.69 Å². The van der Waals surface area contributed by atoms with Crippen molar-refractivity contribution >= 4 is 16.7 Å². The predicted molar refractivity (Wildman–Crippen MR) is 81.0 cm³/mol. The molecule has 0 fully saturated rings. The Morgan fingerprint density at radius 2 is 1.91 bits per heavy atom. The summed E-state index contributed by atoms with van der Waals surface area (Å²) in [7, 11) is 0. The van der Waals surface area contributed by atoms with Gasteiger partial charge >= 0.3 is 0 Å². The van der Waals surface area contributed by atoms with Crippen LogP contribution in [0.25, 0.3) is 22.3 Å². The molecule has 3 rings (SSSR count). The molecule has 0 bridgehead atoms. The van der Waals surface area contributed by atoms with Gasteiger partial charge in [0.25, 0.3) is 5.69 Å². The number of benzene rings is 2. The Labute approximate surface area is 124 Å². The quantitative estimate of drug-likeness (QED) is 0.578. The molecule has 0 aliphatic carbocycles. The lowest BCUT2D eigenvalue weighted by molar-refractivity contribution is -0.384. The molecule has 0 aliphatic rings. The minimum Gasteiger partial charge on any atom is -0.508 e. The van der Waals surface area contributed by atoms with Crippen molar-refractivity contribution in [2.45, 2.75) is 6.92 Å². The van der Waals surface area contributed by atoms with Crippen molar-refractivity contribution in [1.82, 2.24) is 0 Å². The van der Waals surface area contributed by atoms with Crippen LogP contribution in [-0.2, 0) is 0 Å². The zero-order chi connectivity index (χ0) is 15.9. The topological polar surface area (TPSA) is 93.6 Å². The van der Waals surface area contributed by atoms with E-state index >= 15 is 0 Å². The molecule has 1 N–H and O–H groups in total. The molecule has 0 saturated carbocycles. The Kier molecular flexibility index (Phi) is 3.14. The molecule has 0 atom stereocenters. The number of hydrogen-bond acceptors (Lipinski definition) is 5. The van der Waals surface area contributed by atoms with E-state index in [1.807, 2.05) is 0 Å². The smallest absolute Gasteiger partial charge is 0.280 e. The molecule has 6 nitrogen and oxygen atoms in total. The van der Waals surface area contributed by atoms with E-state index in [0.717, 1.165) is 0 Å². The highest BCUT2D eigenvalue weighted by atomic mass is 16.6. The second-order valence-corrected chi connectivity index (χ2v) is 4.88. The Balaban J connectivity index is 2.34. The molecule has 0 spiro atoms. The van der Waals surface area contributed by atoms with Crippen molar-refractivity contribution in [2.24, 2.45) is 0 Å². The number of aryl methyl sites for hydroxylation is 1. The normalized spacial score (nSPS) is 10.8. The first-order chi connectivity index (χ1) is 10.5. The molecule has 0 unspecified atom stereocenters. The third-order valence-corrected chi connectivity index (χ3v) is 3.41. The lowest BCUT2D eigenvalue weighted by atomic mass is 10.1. The number of phenols is 1. The van der Waals surface area contributed by atoms with Gasteiger partial charge in [0, 0.05) is 12.1 Å². The number of para-hydroxylation sites is 1. The second-order valence-electron chi connectivity index (χ2n) is 4.88. The number of rotatable bonds is 2. The summed E-state index contributed by atoms with van der Waals surface area (Å²) in [5.74, 6) is -0.0536. The van der Waals surface area contributed by atoms with Crippen LogP contribution >= 0.6 is 0 Å². The Morgan fingerprint density at radius 1 is 1.18 bits per heavy atom. The highest BCUT2D eigenvalue weighted by Crippen LogP contribution is 2.35. The van der Waals surface area contributed by atoms with E-state index in [-0.39, 0.29) is 28.2 Å². The van der Waals surface area contributed by atoms with Gasteiger partial charge in [-0.1, -0.05) is 12.1 Å². The van der Waals surface area contributed by atoms with Crippen LogP contribution < -0.4 is 5.43 Å². The Bertz CT molecular complexity index is 958. The maximum absolute atomic E-state index is 12.1. The van der Waals surface area contributed by atoms with Gasteiger partial charge in [0.15, 0.2) is 5.43 Å². The molecule has 0 radical (unpaired) electrons. The average Bonchev–Trinajstić information content (AvgIpc) is 2.49. The van der Waals surface area contributed by atoms with Crippen LogP contribution in [0.2, 0.25) is 0 Å². The average molecular weight is 297 g/mol. The third-order valence-electron chi connectivity index (χ3n) is 3.41. The van der Waals surface area contributed by atoms with Gasteiger partial charge in [-0.3, -0.25) is 14.9 Å². The number of phenolic OH excluding ortho intramolecular Hbond substituents is 1. The summed E-state index contributed by atoms with van der Waals surface area (Å²) in [4.78, 5) is 22.8. The summed E-state index contributed by atoms with van der Waals surface area (Å²) in [6, 6.07) is 10.3. The molecule has 110 valence electrons. The molecule has 3 aromatic rings. The van der Waals surface area contributed by atoms with Crippen molar-refractivity contribution < 1.29 is 14.4 Å². The van der Waals surface area contributed by atoms with Crippen molar-refractivity contribution in [3.05, 3.63) is 68.4 Å². The minimum absolute atomic E-state index is 0.0469. The fraction of sp³-hybridized carbons (Fsp3) is 0.0625. The lowest BCUT2D eigenvalue weighted by Crippen LogP contribution is -2.01. The van der Waals surface area contributed by atoms with Crippen molar-refractivity contribution in [2.75, 3.05) is 0 Å². The molecule has 0 amide bonds. The molecule has 22 heavy (non-hydrogen) atoms. The lowest BCUT2D eigenvalue weighted by Gasteiger charge is -2.06. The van der Waals surface area contributed by atoms with Crippen molar-refractivity contribution in [3.8, 4) is 17.1 Å². The number of nitro benzene ring substituents is 1. The highest BCUT2D eigenvalue weighted by Gasteiger charge is 2.20. The van der Waals surface area contributed by atoms with Gasteiger partial charge in [-0.25, -0.2) is 0 Å². The van der Waals surface area contributed by atoms with E-state index in [0.29, 0.717) is 16.5 Å². The van der Waals surface area contributed by atoms with Gasteiger partial charge in [0.05, 0.1) is 15.9 Å². The fourth-order valence-electron chi connectivity index (χ4n) is 2.27. The van der Waals surface area contributed by atoms with E-state index in [1.54, 1.807) is 31.2 Å². The minimum atomic E-state index is -0.572. The summed E-state index contributed by atoms with van der Waals surface area (Å²) in [6.07, 6.45) is 0. The first-order valence-corrected chi connectivity index (χ1v) is 6.48. The van der Waals surface area contributed by atoms with E-state index in [4.69, 9.17) is 4.42 Å². The molecule has 1 aromatic heterocycles. The zero-order valence-electron chi connectivity index (χ0n) is 11.6. The molecule has 1 heterocycles. The van der Waals surface area contributed by atoms with Gasteiger partial charge in [-0.2, -0.15) is 0 Å². The van der Waals surface area contributed by atoms with Crippen LogP contribution in [0.1, 0.15) is 5.56 Å². The standard InChI is InChI=1S/C16H11NO5/c1-9-6-12(17(20)21)11(7-13(9)18)16-8-14(19)10-4-2-3-5-15(10)22-16/h2-8,18H,1H3. The number of aromatic hydroxyl groups is 1. The van der Waals surface area contributed by atoms with Crippen molar-refractivity contribution in [1.29, 1.82) is 0 Å². The van der Waals surface area contributed by atoms with E-state index in [2.05, 4.69) is 0 Å². The molecule has 6 heteroatoms. The summed E-state index contributed by atoms with van der Waals surface area (Å²) in [5.41, 5.74) is 0.244. The Morgan fingerprint density at radius 3 is 2.64 bits per heavy atom. The molecule has 0 saturated heterocycles. The van der Waals surface area contributed by atoms with Gasteiger partial charge in [0.2, 0.25) is 0 Å². The number of nitro groups is 1. The maximum atomic E-state index is 12.1. The maximum Gasteiger partial charge on any atom is 0.280 e. The van der Waals surface area contributed by atoms with E-state index in [9.17, 15) is 20.0 Å². The monoisotopic (exact) mass is 297 g/mol. The zero-order valence-corrected chi connectivity index (χ0v) is 11.6. The van der Waals surface area contributed by atoms with Crippen molar-refractivity contribution in [3.63, 3.8) is 0 Å². The van der Waals surface area contributed by atoms with Gasteiger partial charge in [-0.05, 0) is 30.7 Å². The summed E-state index contributed by atoms with van der Waals surface area (Å²) >= 11 is 0. The summed E-state index contributed by atoms with van der Waals surface area (Å²) in [5, 5.41) is 21.4. The largest absolute Gasteiger partial charge is 0.508 e. The van der Waals surface area contributed by atoms with Crippen LogP contribution in [0.15, 0.2) is 51.7 Å². The number of fused-ring (bicyclic) bond motifs is 1. The number of hydrogen-bond donors (Lipinski definition) is 1. The fourth-order valence-corrected chi connectivity index (χ4v) is 2.27. The van der Waals surface area contributed by atoms with Gasteiger partial charge in [0.1, 0.15) is 17.1 Å². The van der Waals surface area contributed by atoms with E-state index in [1.165, 1.54) is 18.2 Å². The SMILES string of the molecule is Cc1cc([N+](=O)[O-])c(-c2cc(=O)c3ccccc3o2)cc1O. The van der Waals surface area contributed by atoms with E-state index < -0.39 is 4.92 Å². The highest BCUT2D eigenvalue weighted by molar-refractivity contribution is 5.80. The predicted octanol–water partition coefficient (Wildman–Crippen LogP) is 3.38. The summed E-state index contributed by atoms with van der Waals surface area (Å²) < 4.78 is 5.60. The molecule has 2 aromatic carbocycles. The molecular formula is C16H11NO5. The van der Waals surface area contributed by atoms with Gasteiger partial charge in [-0.15, -0.1) is 0 Å². The molecular weight excluding hydrogens is 286 g/mol. The first-order valence-electron chi connectivity index (χ1n) is 6.48. The van der Waals surface area contributed by atoms with Crippen LogP contribution in [-0.4, -0.2) is 10.0 Å². The molecule has 0 aliphatic heterocycles. The Hall–Kier alpha value is -3.15. The first kappa shape index (κ1) is 13.8.